The largest absolute Gasteiger partial charge is 0.383 e. The van der Waals surface area contributed by atoms with Crippen molar-refractivity contribution in [1.29, 1.82) is 0 Å². The van der Waals surface area contributed by atoms with Crippen LogP contribution in [0.1, 0.15) is 52.0 Å². The van der Waals surface area contributed by atoms with Gasteiger partial charge in [-0.1, -0.05) is 45.9 Å². The summed E-state index contributed by atoms with van der Waals surface area (Å²) in [7, 11) is 1.49. The molecule has 3 rings (SSSR count). The van der Waals surface area contributed by atoms with E-state index in [1.165, 1.54) is 16.6 Å². The van der Waals surface area contributed by atoms with Crippen LogP contribution in [0.3, 0.4) is 0 Å². The van der Waals surface area contributed by atoms with E-state index in [-0.39, 0.29) is 61.9 Å². The molecule has 10 heteroatoms. The van der Waals surface area contributed by atoms with Crippen molar-refractivity contribution >= 4 is 29.0 Å². The number of hydrogen-bond acceptors (Lipinski definition) is 6. The molecule has 3 N–H and O–H groups in total. The van der Waals surface area contributed by atoms with Gasteiger partial charge in [-0.2, -0.15) is 0 Å². The highest BCUT2D eigenvalue weighted by Crippen LogP contribution is 2.34. The first kappa shape index (κ1) is 27.2. The fourth-order valence-corrected chi connectivity index (χ4v) is 4.60. The molecule has 1 aliphatic rings. The van der Waals surface area contributed by atoms with Gasteiger partial charge in [0.05, 0.1) is 12.5 Å². The van der Waals surface area contributed by atoms with Gasteiger partial charge >= 0.3 is 5.69 Å². The van der Waals surface area contributed by atoms with Gasteiger partial charge in [0, 0.05) is 38.9 Å². The number of nitrogens with two attached hydrogens (primary N) is 1. The molecule has 2 amide bonds. The number of rotatable bonds is 10. The van der Waals surface area contributed by atoms with E-state index < -0.39 is 23.1 Å². The lowest BCUT2D eigenvalue weighted by molar-refractivity contribution is -0.124. The number of hydrogen-bond donors (Lipinski definition) is 2. The molecule has 0 radical (unpaired) electrons. The summed E-state index contributed by atoms with van der Waals surface area (Å²) >= 11 is 0. The molecule has 1 aromatic carbocycles. The summed E-state index contributed by atoms with van der Waals surface area (Å²) in [6, 6.07) is 7.74. The number of amides is 2. The van der Waals surface area contributed by atoms with E-state index >= 15 is 0 Å². The lowest BCUT2D eigenvalue weighted by Crippen LogP contribution is -2.45. The number of methoxy groups -OCH3 is 1. The average molecular weight is 500 g/mol. The van der Waals surface area contributed by atoms with Gasteiger partial charge in [0.1, 0.15) is 5.82 Å². The standard InChI is InChI=1S/C26H37N5O5/c1-6-17(4)19-9-7-8-10-20(19)30-15-18(13-21(30)32)25(34)29(11-12-36-5)22-23(27)31(14-16(2)3)26(35)28-24(22)33/h7-10,16-18H,6,11-15,27H2,1-5H3,(H,28,33,35). The fourth-order valence-electron chi connectivity index (χ4n) is 4.60. The van der Waals surface area contributed by atoms with E-state index in [1.807, 2.05) is 38.1 Å². The Morgan fingerprint density at radius 2 is 1.92 bits per heavy atom. The molecule has 36 heavy (non-hydrogen) atoms. The Hall–Kier alpha value is -3.40. The minimum atomic E-state index is -0.745. The van der Waals surface area contributed by atoms with E-state index in [4.69, 9.17) is 10.5 Å². The van der Waals surface area contributed by atoms with Gasteiger partial charge in [-0.15, -0.1) is 0 Å². The molecule has 2 heterocycles. The zero-order valence-corrected chi connectivity index (χ0v) is 21.7. The van der Waals surface area contributed by atoms with Gasteiger partial charge in [0.25, 0.3) is 5.56 Å². The number of aromatic nitrogens is 2. The van der Waals surface area contributed by atoms with Crippen LogP contribution in [-0.4, -0.2) is 48.2 Å². The number of anilines is 3. The van der Waals surface area contributed by atoms with Crippen molar-refractivity contribution in [1.82, 2.24) is 9.55 Å². The predicted molar refractivity (Wildman–Crippen MR) is 140 cm³/mol. The first-order valence-corrected chi connectivity index (χ1v) is 12.4. The summed E-state index contributed by atoms with van der Waals surface area (Å²) < 4.78 is 6.44. The average Bonchev–Trinajstić information content (AvgIpc) is 3.24. The molecule has 0 bridgehead atoms. The molecule has 2 aromatic rings. The minimum Gasteiger partial charge on any atom is -0.383 e. The maximum absolute atomic E-state index is 13.8. The van der Waals surface area contributed by atoms with Crippen molar-refractivity contribution in [2.45, 2.75) is 53.0 Å². The van der Waals surface area contributed by atoms with Crippen molar-refractivity contribution in [3.8, 4) is 0 Å². The normalized spacial score (nSPS) is 16.6. The SMILES string of the molecule is CCC(C)c1ccccc1N1CC(C(=O)N(CCOC)c2c(N)n(CC(C)C)c(=O)[nH]c2=O)CC1=O. The number of nitrogens with zero attached hydrogens (tertiary/aromatic N) is 3. The second-order valence-electron chi connectivity index (χ2n) is 9.75. The Kier molecular flexibility index (Phi) is 8.73. The molecule has 10 nitrogen and oxygen atoms in total. The van der Waals surface area contributed by atoms with Gasteiger partial charge in [-0.3, -0.25) is 23.9 Å². The Balaban J connectivity index is 1.99. The Morgan fingerprint density at radius 1 is 1.22 bits per heavy atom. The molecule has 2 atom stereocenters. The van der Waals surface area contributed by atoms with Crippen molar-refractivity contribution in [3.63, 3.8) is 0 Å². The van der Waals surface area contributed by atoms with Crippen molar-refractivity contribution in [3.05, 3.63) is 50.7 Å². The van der Waals surface area contributed by atoms with Gasteiger partial charge < -0.3 is 20.3 Å². The van der Waals surface area contributed by atoms with Crippen LogP contribution in [0, 0.1) is 11.8 Å². The lowest BCUT2D eigenvalue weighted by Gasteiger charge is -2.27. The van der Waals surface area contributed by atoms with E-state index in [1.54, 1.807) is 4.90 Å². The van der Waals surface area contributed by atoms with Crippen LogP contribution in [0.4, 0.5) is 17.2 Å². The van der Waals surface area contributed by atoms with Gasteiger partial charge in [-0.25, -0.2) is 4.79 Å². The molecule has 0 aliphatic carbocycles. The van der Waals surface area contributed by atoms with E-state index in [9.17, 15) is 19.2 Å². The molecule has 1 aromatic heterocycles. The Labute approximate surface area is 211 Å². The highest BCUT2D eigenvalue weighted by Gasteiger charge is 2.39. The van der Waals surface area contributed by atoms with Crippen LogP contribution in [0.25, 0.3) is 0 Å². The van der Waals surface area contributed by atoms with Crippen LogP contribution >= 0.6 is 0 Å². The zero-order chi connectivity index (χ0) is 26.6. The number of nitrogen functional groups attached to an aromatic ring is 1. The van der Waals surface area contributed by atoms with Crippen LogP contribution in [0.5, 0.6) is 0 Å². The third-order valence-corrected chi connectivity index (χ3v) is 6.66. The predicted octanol–water partition coefficient (Wildman–Crippen LogP) is 2.32. The highest BCUT2D eigenvalue weighted by molar-refractivity contribution is 6.05. The second-order valence-corrected chi connectivity index (χ2v) is 9.75. The maximum Gasteiger partial charge on any atom is 0.330 e. The topological polar surface area (TPSA) is 131 Å². The van der Waals surface area contributed by atoms with Crippen molar-refractivity contribution in [2.24, 2.45) is 11.8 Å². The number of aromatic amines is 1. The first-order valence-electron chi connectivity index (χ1n) is 12.4. The summed E-state index contributed by atoms with van der Waals surface area (Å²) in [5.74, 6) is -0.979. The number of benzene rings is 1. The Bertz CT molecular complexity index is 1220. The zero-order valence-electron chi connectivity index (χ0n) is 21.7. The van der Waals surface area contributed by atoms with Crippen LogP contribution < -0.4 is 26.8 Å². The molecule has 0 saturated carbocycles. The van der Waals surface area contributed by atoms with E-state index in [2.05, 4.69) is 18.8 Å². The van der Waals surface area contributed by atoms with Gasteiger partial charge in [-0.05, 0) is 29.9 Å². The molecular formula is C26H37N5O5. The van der Waals surface area contributed by atoms with Crippen LogP contribution in [0.2, 0.25) is 0 Å². The Morgan fingerprint density at radius 3 is 2.56 bits per heavy atom. The van der Waals surface area contributed by atoms with Gasteiger partial charge in [0.2, 0.25) is 11.8 Å². The van der Waals surface area contributed by atoms with Gasteiger partial charge in [0.15, 0.2) is 5.69 Å². The maximum atomic E-state index is 13.8. The molecule has 1 fully saturated rings. The first-order chi connectivity index (χ1) is 17.1. The van der Waals surface area contributed by atoms with Crippen molar-refractivity contribution < 1.29 is 14.3 Å². The highest BCUT2D eigenvalue weighted by atomic mass is 16.5. The summed E-state index contributed by atoms with van der Waals surface area (Å²) in [5.41, 5.74) is 6.68. The smallest absolute Gasteiger partial charge is 0.330 e. The number of H-pyrrole nitrogens is 1. The third kappa shape index (κ3) is 5.53. The second kappa shape index (κ2) is 11.6. The number of carbonyl (C=O) groups is 2. The summed E-state index contributed by atoms with van der Waals surface area (Å²) in [4.78, 5) is 57.3. The quantitative estimate of drug-likeness (QED) is 0.516. The summed E-state index contributed by atoms with van der Waals surface area (Å²) in [6.07, 6.45) is 0.931. The number of ether oxygens (including phenoxy) is 1. The number of carbonyl (C=O) groups excluding carboxylic acids is 2. The van der Waals surface area contributed by atoms with Crippen molar-refractivity contribution in [2.75, 3.05) is 42.3 Å². The summed E-state index contributed by atoms with van der Waals surface area (Å²) in [6.45, 7) is 8.71. The minimum absolute atomic E-state index is 0.0145. The molecule has 1 saturated heterocycles. The number of nitrogens with one attached hydrogen (secondary N) is 1. The molecular weight excluding hydrogens is 462 g/mol. The van der Waals surface area contributed by atoms with Crippen LogP contribution in [0.15, 0.2) is 33.9 Å². The lowest BCUT2D eigenvalue weighted by atomic mass is 9.96. The molecule has 0 spiro atoms. The molecule has 1 aliphatic heterocycles. The molecule has 2 unspecified atom stereocenters. The molecule has 196 valence electrons. The number of para-hydroxylation sites is 1. The fraction of sp³-hybridized carbons (Fsp3) is 0.538. The van der Waals surface area contributed by atoms with Crippen LogP contribution in [-0.2, 0) is 20.9 Å². The van der Waals surface area contributed by atoms with E-state index in [0.29, 0.717) is 0 Å². The summed E-state index contributed by atoms with van der Waals surface area (Å²) in [5, 5.41) is 0. The monoisotopic (exact) mass is 499 g/mol. The van der Waals surface area contributed by atoms with E-state index in [0.717, 1.165) is 17.7 Å². The third-order valence-electron chi connectivity index (χ3n) is 6.66.